The zero-order valence-electron chi connectivity index (χ0n) is 21.3. The van der Waals surface area contributed by atoms with Gasteiger partial charge in [0.1, 0.15) is 5.56 Å². The average Bonchev–Trinajstić information content (AvgIpc) is 3.31. The Balaban J connectivity index is 1.34. The van der Waals surface area contributed by atoms with Crippen molar-refractivity contribution in [2.45, 2.75) is 39.4 Å². The summed E-state index contributed by atoms with van der Waals surface area (Å²) in [5.41, 5.74) is 8.09. The van der Waals surface area contributed by atoms with Crippen molar-refractivity contribution in [3.63, 3.8) is 0 Å². The average molecular weight is 482 g/mol. The molecule has 0 bridgehead atoms. The number of rotatable bonds is 6. The fraction of sp³-hybridized carbons (Fsp3) is 0.276. The number of hydrogen-bond acceptors (Lipinski definition) is 4. The van der Waals surface area contributed by atoms with Gasteiger partial charge >= 0.3 is 0 Å². The van der Waals surface area contributed by atoms with Gasteiger partial charge in [-0.1, -0.05) is 48.5 Å². The third-order valence-corrected chi connectivity index (χ3v) is 7.39. The van der Waals surface area contributed by atoms with E-state index in [0.717, 1.165) is 39.3 Å². The van der Waals surface area contributed by atoms with Gasteiger partial charge in [0.15, 0.2) is 0 Å². The quantitative estimate of drug-likeness (QED) is 0.427. The van der Waals surface area contributed by atoms with Gasteiger partial charge in [0.2, 0.25) is 0 Å². The minimum atomic E-state index is -0.389. The number of hydrogen-bond donors (Lipinski definition) is 2. The van der Waals surface area contributed by atoms with E-state index in [1.165, 1.54) is 5.56 Å². The fourth-order valence-electron chi connectivity index (χ4n) is 5.33. The van der Waals surface area contributed by atoms with Crippen molar-refractivity contribution < 1.29 is 4.79 Å². The Morgan fingerprint density at radius 3 is 2.22 bits per heavy atom. The summed E-state index contributed by atoms with van der Waals surface area (Å²) in [5.74, 6) is -0.386. The Morgan fingerprint density at radius 1 is 1.06 bits per heavy atom. The van der Waals surface area contributed by atoms with Crippen molar-refractivity contribution >= 4 is 5.91 Å². The predicted octanol–water partition coefficient (Wildman–Crippen LogP) is 4.42. The molecule has 1 aliphatic rings. The van der Waals surface area contributed by atoms with Gasteiger partial charge in [-0.25, -0.2) is 0 Å². The van der Waals surface area contributed by atoms with Crippen LogP contribution in [0.3, 0.4) is 0 Å². The molecule has 7 heteroatoms. The van der Waals surface area contributed by atoms with Crippen molar-refractivity contribution in [1.29, 1.82) is 0 Å². The summed E-state index contributed by atoms with van der Waals surface area (Å²) < 4.78 is 1.89. The number of aryl methyl sites for hydroxylation is 2. The minimum Gasteiger partial charge on any atom is -0.341 e. The number of pyridine rings is 1. The van der Waals surface area contributed by atoms with Gasteiger partial charge in [0.05, 0.1) is 11.7 Å². The van der Waals surface area contributed by atoms with Gasteiger partial charge < -0.3 is 10.3 Å². The smallest absolute Gasteiger partial charge is 0.261 e. The molecule has 4 aromatic rings. The van der Waals surface area contributed by atoms with E-state index in [9.17, 15) is 9.59 Å². The summed E-state index contributed by atoms with van der Waals surface area (Å²) >= 11 is 0. The summed E-state index contributed by atoms with van der Waals surface area (Å²) in [5, 5.41) is 7.61. The number of benzene rings is 2. The molecule has 2 heterocycles. The number of carbonyl (C=O) groups is 1. The van der Waals surface area contributed by atoms with Crippen LogP contribution < -0.4 is 10.9 Å². The lowest BCUT2D eigenvalue weighted by molar-refractivity contribution is 0.0942. The Hall–Kier alpha value is -3.97. The SMILES string of the molecule is Cc1nn(C)c(C)c1C(C)N(C)Cc1ccc(C(=O)NC2c3ccccc3-c3ccccc32)c(=O)[nH]1. The number of aromatic nitrogens is 3. The molecule has 1 unspecified atom stereocenters. The van der Waals surface area contributed by atoms with Gasteiger partial charge in [0.25, 0.3) is 11.5 Å². The first-order valence-electron chi connectivity index (χ1n) is 12.2. The molecule has 1 amide bonds. The van der Waals surface area contributed by atoms with Crippen LogP contribution in [0, 0.1) is 13.8 Å². The second kappa shape index (κ2) is 9.24. The Bertz CT molecular complexity index is 1470. The summed E-state index contributed by atoms with van der Waals surface area (Å²) in [6.07, 6.45) is 0. The third-order valence-electron chi connectivity index (χ3n) is 7.39. The molecule has 184 valence electrons. The van der Waals surface area contributed by atoms with E-state index in [2.05, 4.69) is 46.3 Å². The van der Waals surface area contributed by atoms with Crippen LogP contribution in [0.4, 0.5) is 0 Å². The lowest BCUT2D eigenvalue weighted by Crippen LogP contribution is -2.33. The van der Waals surface area contributed by atoms with E-state index in [4.69, 9.17) is 0 Å². The van der Waals surface area contributed by atoms with Crippen LogP contribution in [-0.4, -0.2) is 32.6 Å². The summed E-state index contributed by atoms with van der Waals surface area (Å²) in [4.78, 5) is 31.2. The summed E-state index contributed by atoms with van der Waals surface area (Å²) in [6.45, 7) is 6.75. The highest BCUT2D eigenvalue weighted by Crippen LogP contribution is 2.43. The van der Waals surface area contributed by atoms with Gasteiger partial charge in [-0.3, -0.25) is 19.2 Å². The van der Waals surface area contributed by atoms with Crippen molar-refractivity contribution in [3.05, 3.63) is 110 Å². The molecule has 2 N–H and O–H groups in total. The fourth-order valence-corrected chi connectivity index (χ4v) is 5.33. The molecule has 0 radical (unpaired) electrons. The van der Waals surface area contributed by atoms with Crippen LogP contribution >= 0.6 is 0 Å². The topological polar surface area (TPSA) is 83.0 Å². The van der Waals surface area contributed by atoms with E-state index in [1.54, 1.807) is 6.07 Å². The summed E-state index contributed by atoms with van der Waals surface area (Å²) in [6, 6.07) is 19.4. The zero-order chi connectivity index (χ0) is 25.6. The van der Waals surface area contributed by atoms with Crippen LogP contribution in [0.2, 0.25) is 0 Å². The maximum absolute atomic E-state index is 13.2. The van der Waals surface area contributed by atoms with E-state index < -0.39 is 0 Å². The molecule has 1 atom stereocenters. The third kappa shape index (κ3) is 4.05. The normalized spacial score (nSPS) is 13.5. The van der Waals surface area contributed by atoms with Gasteiger partial charge in [-0.05, 0) is 62.2 Å². The van der Waals surface area contributed by atoms with Crippen molar-refractivity contribution in [2.24, 2.45) is 7.05 Å². The molecule has 0 fully saturated rings. The van der Waals surface area contributed by atoms with Crippen LogP contribution in [-0.2, 0) is 13.6 Å². The molecule has 0 saturated carbocycles. The minimum absolute atomic E-state index is 0.107. The van der Waals surface area contributed by atoms with Crippen molar-refractivity contribution in [3.8, 4) is 11.1 Å². The number of aromatic amines is 1. The number of H-pyrrole nitrogens is 1. The summed E-state index contributed by atoms with van der Waals surface area (Å²) in [7, 11) is 3.97. The van der Waals surface area contributed by atoms with E-state index in [0.29, 0.717) is 6.54 Å². The lowest BCUT2D eigenvalue weighted by Gasteiger charge is -2.25. The monoisotopic (exact) mass is 481 g/mol. The molecular formula is C29H31N5O2. The number of carbonyl (C=O) groups excluding carboxylic acids is 1. The maximum Gasteiger partial charge on any atom is 0.261 e. The van der Waals surface area contributed by atoms with Crippen LogP contribution in [0.25, 0.3) is 11.1 Å². The zero-order valence-corrected chi connectivity index (χ0v) is 21.3. The highest BCUT2D eigenvalue weighted by atomic mass is 16.2. The molecular weight excluding hydrogens is 450 g/mol. The molecule has 0 spiro atoms. The highest BCUT2D eigenvalue weighted by Gasteiger charge is 2.30. The highest BCUT2D eigenvalue weighted by molar-refractivity contribution is 5.95. The van der Waals surface area contributed by atoms with Gasteiger partial charge in [-0.2, -0.15) is 5.10 Å². The van der Waals surface area contributed by atoms with E-state index in [1.807, 2.05) is 68.2 Å². The van der Waals surface area contributed by atoms with E-state index in [-0.39, 0.29) is 29.1 Å². The first-order valence-corrected chi connectivity index (χ1v) is 12.2. The van der Waals surface area contributed by atoms with Crippen molar-refractivity contribution in [2.75, 3.05) is 7.05 Å². The van der Waals surface area contributed by atoms with Gasteiger partial charge in [-0.15, -0.1) is 0 Å². The predicted molar refractivity (Wildman–Crippen MR) is 141 cm³/mol. The largest absolute Gasteiger partial charge is 0.341 e. The van der Waals surface area contributed by atoms with Crippen LogP contribution in [0.5, 0.6) is 0 Å². The molecule has 0 saturated heterocycles. The lowest BCUT2D eigenvalue weighted by atomic mass is 10.0. The molecule has 7 nitrogen and oxygen atoms in total. The maximum atomic E-state index is 13.2. The second-order valence-corrected chi connectivity index (χ2v) is 9.61. The molecule has 2 aromatic heterocycles. The van der Waals surface area contributed by atoms with Crippen LogP contribution in [0.15, 0.2) is 65.5 Å². The Kier molecular flexibility index (Phi) is 6.10. The molecule has 0 aliphatic heterocycles. The Labute approximate surface area is 210 Å². The van der Waals surface area contributed by atoms with Crippen LogP contribution in [0.1, 0.15) is 63.1 Å². The Morgan fingerprint density at radius 2 is 1.67 bits per heavy atom. The molecule has 5 rings (SSSR count). The number of nitrogens with zero attached hydrogens (tertiary/aromatic N) is 3. The number of amides is 1. The number of nitrogens with one attached hydrogen (secondary N) is 2. The van der Waals surface area contributed by atoms with Crippen molar-refractivity contribution in [1.82, 2.24) is 25.0 Å². The first kappa shape index (κ1) is 23.8. The molecule has 36 heavy (non-hydrogen) atoms. The number of fused-ring (bicyclic) bond motifs is 3. The first-order chi connectivity index (χ1) is 17.3. The molecule has 2 aromatic carbocycles. The van der Waals surface area contributed by atoms with E-state index >= 15 is 0 Å². The van der Waals surface area contributed by atoms with Gasteiger partial charge in [0, 0.05) is 36.6 Å². The molecule has 1 aliphatic carbocycles. The second-order valence-electron chi connectivity index (χ2n) is 9.61. The standard InChI is InChI=1S/C29H31N5O2/c1-17-26(19(3)34(5)32-17)18(2)33(4)16-20-14-15-25(28(35)30-20)29(36)31-27-23-12-8-6-10-21(23)22-11-7-9-13-24(22)27/h6-15,18,27H,16H2,1-5H3,(H,30,35)(H,31,36).